The van der Waals surface area contributed by atoms with Crippen molar-refractivity contribution in [1.82, 2.24) is 5.32 Å². The third kappa shape index (κ3) is 5.41. The van der Waals surface area contributed by atoms with Crippen LogP contribution in [0.25, 0.3) is 0 Å². The molecule has 1 aliphatic carbocycles. The SMILES string of the molecule is CCC1CCC(CNC)(OCCC(C)(C)OC)CC1. The van der Waals surface area contributed by atoms with E-state index in [-0.39, 0.29) is 11.2 Å². The van der Waals surface area contributed by atoms with Crippen LogP contribution < -0.4 is 5.32 Å². The van der Waals surface area contributed by atoms with E-state index in [1.165, 1.54) is 32.1 Å². The van der Waals surface area contributed by atoms with Crippen molar-refractivity contribution in [1.29, 1.82) is 0 Å². The van der Waals surface area contributed by atoms with Gasteiger partial charge in [-0.25, -0.2) is 0 Å². The van der Waals surface area contributed by atoms with Gasteiger partial charge in [-0.05, 0) is 58.9 Å². The van der Waals surface area contributed by atoms with Gasteiger partial charge < -0.3 is 14.8 Å². The van der Waals surface area contributed by atoms with E-state index >= 15 is 0 Å². The summed E-state index contributed by atoms with van der Waals surface area (Å²) in [6, 6.07) is 0. The van der Waals surface area contributed by atoms with E-state index in [0.717, 1.165) is 25.5 Å². The molecule has 3 heteroatoms. The predicted molar refractivity (Wildman–Crippen MR) is 80.6 cm³/mol. The second-order valence-electron chi connectivity index (χ2n) is 6.63. The lowest BCUT2D eigenvalue weighted by atomic mass is 9.77. The fourth-order valence-corrected chi connectivity index (χ4v) is 2.92. The van der Waals surface area contributed by atoms with Crippen molar-refractivity contribution >= 4 is 0 Å². The maximum atomic E-state index is 6.30. The van der Waals surface area contributed by atoms with Crippen molar-refractivity contribution < 1.29 is 9.47 Å². The molecule has 0 aromatic rings. The smallest absolute Gasteiger partial charge is 0.0806 e. The van der Waals surface area contributed by atoms with Crippen LogP contribution in [-0.4, -0.2) is 38.5 Å². The fourth-order valence-electron chi connectivity index (χ4n) is 2.92. The molecule has 0 aliphatic heterocycles. The van der Waals surface area contributed by atoms with Gasteiger partial charge in [0.15, 0.2) is 0 Å². The molecular formula is C16H33NO2. The van der Waals surface area contributed by atoms with Gasteiger partial charge in [0.05, 0.1) is 17.8 Å². The number of ether oxygens (including phenoxy) is 2. The minimum absolute atomic E-state index is 0.0598. The number of hydrogen-bond donors (Lipinski definition) is 1. The summed E-state index contributed by atoms with van der Waals surface area (Å²) in [6.45, 7) is 8.30. The second kappa shape index (κ2) is 7.61. The van der Waals surface area contributed by atoms with Gasteiger partial charge in [-0.3, -0.25) is 0 Å². The highest BCUT2D eigenvalue weighted by molar-refractivity contribution is 4.89. The standard InChI is InChI=1S/C16H33NO2/c1-6-14-7-9-16(10-8-14,13-17-4)19-12-11-15(2,3)18-5/h14,17H,6-13H2,1-5H3. The molecule has 0 bridgehead atoms. The Bertz CT molecular complexity index is 245. The molecule has 0 amide bonds. The minimum atomic E-state index is -0.0819. The first-order chi connectivity index (χ1) is 8.97. The van der Waals surface area contributed by atoms with Crippen molar-refractivity contribution in [2.75, 3.05) is 27.3 Å². The van der Waals surface area contributed by atoms with Crippen LogP contribution in [0.15, 0.2) is 0 Å². The number of hydrogen-bond acceptors (Lipinski definition) is 3. The Morgan fingerprint density at radius 3 is 2.37 bits per heavy atom. The Morgan fingerprint density at radius 1 is 1.26 bits per heavy atom. The average molecular weight is 271 g/mol. The largest absolute Gasteiger partial charge is 0.379 e. The maximum Gasteiger partial charge on any atom is 0.0806 e. The molecule has 1 rings (SSSR count). The Hall–Kier alpha value is -0.120. The lowest BCUT2D eigenvalue weighted by Gasteiger charge is -2.40. The number of nitrogens with one attached hydrogen (secondary N) is 1. The number of rotatable bonds is 8. The first-order valence-corrected chi connectivity index (χ1v) is 7.80. The van der Waals surface area contributed by atoms with E-state index in [9.17, 15) is 0 Å². The molecule has 1 saturated carbocycles. The van der Waals surface area contributed by atoms with Gasteiger partial charge in [-0.2, -0.15) is 0 Å². The van der Waals surface area contributed by atoms with Crippen LogP contribution in [0.2, 0.25) is 0 Å². The summed E-state index contributed by atoms with van der Waals surface area (Å²) in [4.78, 5) is 0. The van der Waals surface area contributed by atoms with Gasteiger partial charge >= 0.3 is 0 Å². The number of methoxy groups -OCH3 is 1. The maximum absolute atomic E-state index is 6.30. The van der Waals surface area contributed by atoms with Crippen molar-refractivity contribution in [3.05, 3.63) is 0 Å². The zero-order valence-corrected chi connectivity index (χ0v) is 13.6. The Balaban J connectivity index is 2.44. The topological polar surface area (TPSA) is 30.5 Å². The average Bonchev–Trinajstić information content (AvgIpc) is 2.40. The van der Waals surface area contributed by atoms with Crippen molar-refractivity contribution in [2.45, 2.75) is 70.5 Å². The highest BCUT2D eigenvalue weighted by Crippen LogP contribution is 2.36. The van der Waals surface area contributed by atoms with Crippen molar-refractivity contribution in [3.63, 3.8) is 0 Å². The van der Waals surface area contributed by atoms with Crippen LogP contribution in [0, 0.1) is 5.92 Å². The van der Waals surface area contributed by atoms with Gasteiger partial charge in [0.2, 0.25) is 0 Å². The molecule has 0 aromatic heterocycles. The van der Waals surface area contributed by atoms with Crippen LogP contribution in [0.1, 0.15) is 59.3 Å². The molecule has 1 fully saturated rings. The van der Waals surface area contributed by atoms with Gasteiger partial charge in [0.25, 0.3) is 0 Å². The van der Waals surface area contributed by atoms with Crippen molar-refractivity contribution in [3.8, 4) is 0 Å². The van der Waals surface area contributed by atoms with Crippen LogP contribution in [-0.2, 0) is 9.47 Å². The van der Waals surface area contributed by atoms with E-state index in [4.69, 9.17) is 9.47 Å². The summed E-state index contributed by atoms with van der Waals surface area (Å²) in [6.07, 6.45) is 7.27. The highest BCUT2D eigenvalue weighted by Gasteiger charge is 2.35. The molecule has 1 aliphatic rings. The van der Waals surface area contributed by atoms with Gasteiger partial charge in [-0.1, -0.05) is 13.3 Å². The first-order valence-electron chi connectivity index (χ1n) is 7.80. The second-order valence-corrected chi connectivity index (χ2v) is 6.63. The fraction of sp³-hybridized carbons (Fsp3) is 1.00. The van der Waals surface area contributed by atoms with Crippen LogP contribution in [0.3, 0.4) is 0 Å². The van der Waals surface area contributed by atoms with Crippen molar-refractivity contribution in [2.24, 2.45) is 5.92 Å². The molecule has 0 atom stereocenters. The Labute approximate surface area is 119 Å². The molecule has 3 nitrogen and oxygen atoms in total. The quantitative estimate of drug-likeness (QED) is 0.734. The minimum Gasteiger partial charge on any atom is -0.379 e. The lowest BCUT2D eigenvalue weighted by Crippen LogP contribution is -2.45. The van der Waals surface area contributed by atoms with Crippen LogP contribution in [0.5, 0.6) is 0 Å². The summed E-state index contributed by atoms with van der Waals surface area (Å²) < 4.78 is 11.8. The molecule has 0 saturated heterocycles. The van der Waals surface area contributed by atoms with Gasteiger partial charge in [-0.15, -0.1) is 0 Å². The molecule has 0 radical (unpaired) electrons. The molecule has 114 valence electrons. The van der Waals surface area contributed by atoms with E-state index in [0.29, 0.717) is 0 Å². The van der Waals surface area contributed by atoms with Crippen LogP contribution in [0.4, 0.5) is 0 Å². The van der Waals surface area contributed by atoms with E-state index in [2.05, 4.69) is 26.1 Å². The molecule has 19 heavy (non-hydrogen) atoms. The summed E-state index contributed by atoms with van der Waals surface area (Å²) in [5, 5.41) is 3.32. The summed E-state index contributed by atoms with van der Waals surface area (Å²) >= 11 is 0. The first kappa shape index (κ1) is 16.9. The molecule has 0 unspecified atom stereocenters. The van der Waals surface area contributed by atoms with E-state index in [1.54, 1.807) is 7.11 Å². The predicted octanol–water partition coefficient (Wildman–Crippen LogP) is 3.38. The summed E-state index contributed by atoms with van der Waals surface area (Å²) in [7, 11) is 3.80. The molecule has 0 aromatic carbocycles. The summed E-state index contributed by atoms with van der Waals surface area (Å²) in [5.41, 5.74) is -0.0221. The molecular weight excluding hydrogens is 238 g/mol. The zero-order valence-electron chi connectivity index (χ0n) is 13.6. The van der Waals surface area contributed by atoms with Gasteiger partial charge in [0, 0.05) is 13.7 Å². The number of likely N-dealkylation sites (N-methyl/N-ethyl adjacent to an activating group) is 1. The van der Waals surface area contributed by atoms with E-state index < -0.39 is 0 Å². The normalized spacial score (nSPS) is 28.6. The lowest BCUT2D eigenvalue weighted by molar-refractivity contribution is -0.0958. The van der Waals surface area contributed by atoms with E-state index in [1.807, 2.05) is 7.05 Å². The highest BCUT2D eigenvalue weighted by atomic mass is 16.5. The van der Waals surface area contributed by atoms with Crippen LogP contribution >= 0.6 is 0 Å². The third-order valence-electron chi connectivity index (χ3n) is 4.76. The Kier molecular flexibility index (Phi) is 6.78. The molecule has 0 spiro atoms. The van der Waals surface area contributed by atoms with Gasteiger partial charge in [0.1, 0.15) is 0 Å². The monoisotopic (exact) mass is 271 g/mol. The summed E-state index contributed by atoms with van der Waals surface area (Å²) in [5.74, 6) is 0.906. The zero-order chi connectivity index (χ0) is 14.4. The molecule has 0 heterocycles. The Morgan fingerprint density at radius 2 is 1.89 bits per heavy atom. The third-order valence-corrected chi connectivity index (χ3v) is 4.76. The molecule has 1 N–H and O–H groups in total.